The second kappa shape index (κ2) is 5.71. The highest BCUT2D eigenvalue weighted by Gasteiger charge is 2.10. The maximum absolute atomic E-state index is 5.92. The third-order valence-corrected chi connectivity index (χ3v) is 2.84. The molecule has 0 spiro atoms. The first kappa shape index (κ1) is 13.4. The molecule has 0 aliphatic rings. The van der Waals surface area contributed by atoms with Crippen LogP contribution in [0.15, 0.2) is 42.6 Å². The molecule has 0 fully saturated rings. The molecule has 1 aromatic carbocycles. The molecule has 0 radical (unpaired) electrons. The summed E-state index contributed by atoms with van der Waals surface area (Å²) in [4.78, 5) is 6.28. The van der Waals surface area contributed by atoms with Gasteiger partial charge in [-0.2, -0.15) is 0 Å². The molecule has 1 aromatic heterocycles. The number of pyridine rings is 1. The van der Waals surface area contributed by atoms with Gasteiger partial charge in [-0.15, -0.1) is 0 Å². The van der Waals surface area contributed by atoms with Crippen LogP contribution in [0.3, 0.4) is 0 Å². The van der Waals surface area contributed by atoms with Crippen molar-refractivity contribution in [2.24, 2.45) is 5.73 Å². The summed E-state index contributed by atoms with van der Waals surface area (Å²) >= 11 is 0. The van der Waals surface area contributed by atoms with E-state index in [0.717, 1.165) is 17.0 Å². The first-order valence-electron chi connectivity index (χ1n) is 6.23. The van der Waals surface area contributed by atoms with Gasteiger partial charge in [0.05, 0.1) is 0 Å². The molecule has 2 N–H and O–H groups in total. The number of ether oxygens (including phenoxy) is 1. The number of rotatable bonds is 4. The van der Waals surface area contributed by atoms with Gasteiger partial charge in [0.15, 0.2) is 0 Å². The van der Waals surface area contributed by atoms with Crippen LogP contribution in [-0.4, -0.2) is 19.1 Å². The molecular formula is C15H19N3O. The van der Waals surface area contributed by atoms with E-state index in [1.54, 1.807) is 6.20 Å². The second-order valence-electron chi connectivity index (χ2n) is 4.68. The van der Waals surface area contributed by atoms with E-state index in [4.69, 9.17) is 10.5 Å². The van der Waals surface area contributed by atoms with Crippen LogP contribution < -0.4 is 15.4 Å². The van der Waals surface area contributed by atoms with Crippen LogP contribution in [0.25, 0.3) is 0 Å². The molecule has 2 rings (SSSR count). The van der Waals surface area contributed by atoms with Crippen LogP contribution in [0.4, 0.5) is 5.69 Å². The number of nitrogens with zero attached hydrogens (tertiary/aromatic N) is 2. The first-order valence-corrected chi connectivity index (χ1v) is 6.23. The third-order valence-electron chi connectivity index (χ3n) is 2.84. The summed E-state index contributed by atoms with van der Waals surface area (Å²) in [5.41, 5.74) is 7.90. The van der Waals surface area contributed by atoms with Crippen LogP contribution in [0.2, 0.25) is 0 Å². The number of nitrogens with two attached hydrogens (primary N) is 1. The van der Waals surface area contributed by atoms with Gasteiger partial charge in [0.2, 0.25) is 5.88 Å². The molecule has 0 amide bonds. The van der Waals surface area contributed by atoms with Crippen LogP contribution in [0.1, 0.15) is 18.5 Å². The quantitative estimate of drug-likeness (QED) is 0.915. The Morgan fingerprint density at radius 2 is 2.00 bits per heavy atom. The lowest BCUT2D eigenvalue weighted by Gasteiger charge is -2.15. The summed E-state index contributed by atoms with van der Waals surface area (Å²) in [6.07, 6.45) is 1.71. The molecule has 0 bridgehead atoms. The zero-order chi connectivity index (χ0) is 13.8. The lowest BCUT2D eigenvalue weighted by atomic mass is 10.1. The van der Waals surface area contributed by atoms with Crippen molar-refractivity contribution in [2.75, 3.05) is 19.0 Å². The minimum atomic E-state index is -0.110. The molecule has 0 saturated heterocycles. The summed E-state index contributed by atoms with van der Waals surface area (Å²) in [7, 11) is 3.99. The molecule has 2 aromatic rings. The van der Waals surface area contributed by atoms with E-state index in [9.17, 15) is 0 Å². The van der Waals surface area contributed by atoms with Gasteiger partial charge in [-0.3, -0.25) is 0 Å². The Bertz CT molecular complexity index is 553. The lowest BCUT2D eigenvalue weighted by Crippen LogP contribution is -2.09. The van der Waals surface area contributed by atoms with Crippen LogP contribution in [0, 0.1) is 0 Å². The van der Waals surface area contributed by atoms with Gasteiger partial charge in [0.25, 0.3) is 0 Å². The van der Waals surface area contributed by atoms with Crippen molar-refractivity contribution in [3.63, 3.8) is 0 Å². The Morgan fingerprint density at radius 1 is 1.21 bits per heavy atom. The van der Waals surface area contributed by atoms with Gasteiger partial charge in [-0.1, -0.05) is 12.1 Å². The third kappa shape index (κ3) is 3.23. The van der Waals surface area contributed by atoms with Crippen molar-refractivity contribution in [3.8, 4) is 11.6 Å². The SMILES string of the molecule is CC(N)c1cccnc1Oc1cccc(N(C)C)c1. The van der Waals surface area contributed by atoms with Gasteiger partial charge >= 0.3 is 0 Å². The van der Waals surface area contributed by atoms with E-state index in [2.05, 4.69) is 4.98 Å². The van der Waals surface area contributed by atoms with E-state index in [1.165, 1.54) is 0 Å². The van der Waals surface area contributed by atoms with Crippen molar-refractivity contribution in [1.82, 2.24) is 4.98 Å². The largest absolute Gasteiger partial charge is 0.439 e. The fourth-order valence-corrected chi connectivity index (χ4v) is 1.77. The van der Waals surface area contributed by atoms with E-state index >= 15 is 0 Å². The highest BCUT2D eigenvalue weighted by molar-refractivity contribution is 5.50. The van der Waals surface area contributed by atoms with Gasteiger partial charge in [-0.25, -0.2) is 4.98 Å². The fourth-order valence-electron chi connectivity index (χ4n) is 1.77. The minimum Gasteiger partial charge on any atom is -0.439 e. The predicted octanol–water partition coefficient (Wildman–Crippen LogP) is 2.96. The highest BCUT2D eigenvalue weighted by atomic mass is 16.5. The molecule has 1 atom stereocenters. The zero-order valence-electron chi connectivity index (χ0n) is 11.5. The average molecular weight is 257 g/mol. The molecule has 0 aliphatic heterocycles. The molecule has 0 saturated carbocycles. The molecule has 4 nitrogen and oxygen atoms in total. The number of benzene rings is 1. The van der Waals surface area contributed by atoms with Crippen molar-refractivity contribution >= 4 is 5.69 Å². The van der Waals surface area contributed by atoms with Crippen LogP contribution in [-0.2, 0) is 0 Å². The van der Waals surface area contributed by atoms with E-state index in [-0.39, 0.29) is 6.04 Å². The molecular weight excluding hydrogens is 238 g/mol. The van der Waals surface area contributed by atoms with Crippen LogP contribution >= 0.6 is 0 Å². The maximum Gasteiger partial charge on any atom is 0.223 e. The lowest BCUT2D eigenvalue weighted by molar-refractivity contribution is 0.452. The smallest absolute Gasteiger partial charge is 0.223 e. The molecule has 100 valence electrons. The Morgan fingerprint density at radius 3 is 2.68 bits per heavy atom. The topological polar surface area (TPSA) is 51.4 Å². The van der Waals surface area contributed by atoms with Crippen molar-refractivity contribution < 1.29 is 4.74 Å². The highest BCUT2D eigenvalue weighted by Crippen LogP contribution is 2.28. The van der Waals surface area contributed by atoms with Crippen molar-refractivity contribution in [3.05, 3.63) is 48.2 Å². The fraction of sp³-hybridized carbons (Fsp3) is 0.267. The first-order chi connectivity index (χ1) is 9.08. The summed E-state index contributed by atoms with van der Waals surface area (Å²) in [6, 6.07) is 11.6. The molecule has 4 heteroatoms. The Balaban J connectivity index is 2.29. The number of anilines is 1. The Hall–Kier alpha value is -2.07. The maximum atomic E-state index is 5.92. The number of aromatic nitrogens is 1. The monoisotopic (exact) mass is 257 g/mol. The summed E-state index contributed by atoms with van der Waals surface area (Å²) in [6.45, 7) is 1.92. The molecule has 0 aliphatic carbocycles. The van der Waals surface area contributed by atoms with Gasteiger partial charge in [0, 0.05) is 43.7 Å². The van der Waals surface area contributed by atoms with E-state index in [0.29, 0.717) is 5.88 Å². The van der Waals surface area contributed by atoms with E-state index < -0.39 is 0 Å². The summed E-state index contributed by atoms with van der Waals surface area (Å²) in [5, 5.41) is 0. The molecule has 19 heavy (non-hydrogen) atoms. The average Bonchev–Trinajstić information content (AvgIpc) is 2.39. The van der Waals surface area contributed by atoms with Gasteiger partial charge < -0.3 is 15.4 Å². The van der Waals surface area contributed by atoms with E-state index in [1.807, 2.05) is 62.3 Å². The molecule has 1 heterocycles. The molecule has 1 unspecified atom stereocenters. The zero-order valence-corrected chi connectivity index (χ0v) is 11.5. The normalized spacial score (nSPS) is 12.0. The van der Waals surface area contributed by atoms with Gasteiger partial charge in [0.1, 0.15) is 5.75 Å². The summed E-state index contributed by atoms with van der Waals surface area (Å²) in [5.74, 6) is 1.32. The minimum absolute atomic E-state index is 0.110. The predicted molar refractivity (Wildman–Crippen MR) is 77.7 cm³/mol. The van der Waals surface area contributed by atoms with Crippen molar-refractivity contribution in [2.45, 2.75) is 13.0 Å². The number of hydrogen-bond donors (Lipinski definition) is 1. The Labute approximate surface area is 113 Å². The van der Waals surface area contributed by atoms with Gasteiger partial charge in [-0.05, 0) is 25.1 Å². The Kier molecular flexibility index (Phi) is 4.02. The van der Waals surface area contributed by atoms with Crippen LogP contribution in [0.5, 0.6) is 11.6 Å². The second-order valence-corrected chi connectivity index (χ2v) is 4.68. The number of hydrogen-bond acceptors (Lipinski definition) is 4. The standard InChI is InChI=1S/C15H19N3O/c1-11(16)14-8-5-9-17-15(14)19-13-7-4-6-12(10-13)18(2)3/h4-11H,16H2,1-3H3. The summed E-state index contributed by atoms with van der Waals surface area (Å²) < 4.78 is 5.84. The van der Waals surface area contributed by atoms with Crippen molar-refractivity contribution in [1.29, 1.82) is 0 Å².